The minimum absolute atomic E-state index is 0.524. The Kier molecular flexibility index (Phi) is 4.81. The van der Waals surface area contributed by atoms with Gasteiger partial charge >= 0.3 is 0 Å². The SMILES string of the molecule is CCNc1ncccc1COc1cccc(I)c1. The Balaban J connectivity index is 2.06. The van der Waals surface area contributed by atoms with E-state index in [0.29, 0.717) is 6.61 Å². The average Bonchev–Trinajstić information content (AvgIpc) is 2.38. The lowest BCUT2D eigenvalue weighted by Gasteiger charge is -2.10. The third-order valence-corrected chi connectivity index (χ3v) is 3.10. The average molecular weight is 354 g/mol. The number of nitrogens with zero attached hydrogens (tertiary/aromatic N) is 1. The number of ether oxygens (including phenoxy) is 1. The van der Waals surface area contributed by atoms with Crippen molar-refractivity contribution >= 4 is 28.4 Å². The summed E-state index contributed by atoms with van der Waals surface area (Å²) in [4.78, 5) is 4.31. The molecule has 0 amide bonds. The molecule has 0 aliphatic carbocycles. The third kappa shape index (κ3) is 3.60. The highest BCUT2D eigenvalue weighted by Crippen LogP contribution is 2.18. The largest absolute Gasteiger partial charge is 0.489 e. The van der Waals surface area contributed by atoms with Crippen LogP contribution < -0.4 is 10.1 Å². The normalized spacial score (nSPS) is 10.1. The lowest BCUT2D eigenvalue weighted by molar-refractivity contribution is 0.306. The monoisotopic (exact) mass is 354 g/mol. The molecule has 1 heterocycles. The molecule has 0 radical (unpaired) electrons. The summed E-state index contributed by atoms with van der Waals surface area (Å²) >= 11 is 2.28. The molecular weight excluding hydrogens is 339 g/mol. The predicted octanol–water partition coefficient (Wildman–Crippen LogP) is 3.70. The van der Waals surface area contributed by atoms with Gasteiger partial charge in [0.1, 0.15) is 18.2 Å². The summed E-state index contributed by atoms with van der Waals surface area (Å²) in [5.41, 5.74) is 1.07. The fraction of sp³-hybridized carbons (Fsp3) is 0.214. The van der Waals surface area contributed by atoms with Crippen LogP contribution in [0.5, 0.6) is 5.75 Å². The van der Waals surface area contributed by atoms with Crippen LogP contribution in [0.4, 0.5) is 5.82 Å². The number of anilines is 1. The van der Waals surface area contributed by atoms with Crippen molar-refractivity contribution in [2.24, 2.45) is 0 Å². The fourth-order valence-corrected chi connectivity index (χ4v) is 2.11. The van der Waals surface area contributed by atoms with Crippen LogP contribution in [0, 0.1) is 3.57 Å². The Morgan fingerprint density at radius 3 is 2.94 bits per heavy atom. The van der Waals surface area contributed by atoms with E-state index in [1.807, 2.05) is 36.4 Å². The van der Waals surface area contributed by atoms with Crippen molar-refractivity contribution < 1.29 is 4.74 Å². The number of hydrogen-bond acceptors (Lipinski definition) is 3. The van der Waals surface area contributed by atoms with E-state index >= 15 is 0 Å². The zero-order chi connectivity index (χ0) is 12.8. The van der Waals surface area contributed by atoms with E-state index in [9.17, 15) is 0 Å². The number of halogens is 1. The molecule has 0 saturated heterocycles. The second-order valence-corrected chi connectivity index (χ2v) is 5.03. The Morgan fingerprint density at radius 2 is 2.17 bits per heavy atom. The van der Waals surface area contributed by atoms with Gasteiger partial charge in [0.25, 0.3) is 0 Å². The molecule has 0 fully saturated rings. The van der Waals surface area contributed by atoms with Gasteiger partial charge in [-0.15, -0.1) is 0 Å². The number of aromatic nitrogens is 1. The van der Waals surface area contributed by atoms with Gasteiger partial charge in [-0.2, -0.15) is 0 Å². The first-order valence-corrected chi connectivity index (χ1v) is 6.93. The van der Waals surface area contributed by atoms with Gasteiger partial charge in [-0.1, -0.05) is 12.1 Å². The molecule has 4 heteroatoms. The fourth-order valence-electron chi connectivity index (χ4n) is 1.60. The first-order chi connectivity index (χ1) is 8.79. The Labute approximate surface area is 121 Å². The third-order valence-electron chi connectivity index (χ3n) is 2.43. The maximum Gasteiger partial charge on any atom is 0.132 e. The molecular formula is C14H15IN2O. The standard InChI is InChI=1S/C14H15IN2O/c1-2-16-14-11(5-4-8-17-14)10-18-13-7-3-6-12(15)9-13/h3-9H,2,10H2,1H3,(H,16,17). The Morgan fingerprint density at radius 1 is 1.28 bits per heavy atom. The minimum atomic E-state index is 0.524. The summed E-state index contributed by atoms with van der Waals surface area (Å²) in [6.07, 6.45) is 1.78. The Hall–Kier alpha value is -1.30. The van der Waals surface area contributed by atoms with E-state index in [0.717, 1.165) is 23.7 Å². The van der Waals surface area contributed by atoms with E-state index in [4.69, 9.17) is 4.74 Å². The van der Waals surface area contributed by atoms with Crippen molar-refractivity contribution in [3.8, 4) is 5.75 Å². The van der Waals surface area contributed by atoms with E-state index in [1.165, 1.54) is 3.57 Å². The highest BCUT2D eigenvalue weighted by molar-refractivity contribution is 14.1. The highest BCUT2D eigenvalue weighted by Gasteiger charge is 2.03. The number of hydrogen-bond donors (Lipinski definition) is 1. The number of rotatable bonds is 5. The molecule has 18 heavy (non-hydrogen) atoms. The van der Waals surface area contributed by atoms with Gasteiger partial charge in [0.05, 0.1) is 0 Å². The zero-order valence-electron chi connectivity index (χ0n) is 10.2. The molecule has 0 aliphatic heterocycles. The van der Waals surface area contributed by atoms with E-state index < -0.39 is 0 Å². The van der Waals surface area contributed by atoms with Crippen molar-refractivity contribution in [3.63, 3.8) is 0 Å². The van der Waals surface area contributed by atoms with Crippen LogP contribution in [0.2, 0.25) is 0 Å². The van der Waals surface area contributed by atoms with Gasteiger partial charge < -0.3 is 10.1 Å². The molecule has 94 valence electrons. The lowest BCUT2D eigenvalue weighted by Crippen LogP contribution is -2.05. The van der Waals surface area contributed by atoms with Crippen molar-refractivity contribution in [1.82, 2.24) is 4.98 Å². The number of pyridine rings is 1. The number of benzene rings is 1. The van der Waals surface area contributed by atoms with Crippen molar-refractivity contribution in [2.75, 3.05) is 11.9 Å². The molecule has 0 aliphatic rings. The van der Waals surface area contributed by atoms with Gasteiger partial charge in [0, 0.05) is 21.9 Å². The van der Waals surface area contributed by atoms with Crippen LogP contribution in [-0.4, -0.2) is 11.5 Å². The zero-order valence-corrected chi connectivity index (χ0v) is 12.3. The molecule has 0 bridgehead atoms. The van der Waals surface area contributed by atoms with Crippen LogP contribution in [0.3, 0.4) is 0 Å². The van der Waals surface area contributed by atoms with Gasteiger partial charge in [-0.25, -0.2) is 4.98 Å². The highest BCUT2D eigenvalue weighted by atomic mass is 127. The van der Waals surface area contributed by atoms with Crippen LogP contribution >= 0.6 is 22.6 Å². The van der Waals surface area contributed by atoms with Crippen LogP contribution in [0.25, 0.3) is 0 Å². The van der Waals surface area contributed by atoms with Crippen LogP contribution in [0.1, 0.15) is 12.5 Å². The van der Waals surface area contributed by atoms with Crippen molar-refractivity contribution in [2.45, 2.75) is 13.5 Å². The first-order valence-electron chi connectivity index (χ1n) is 5.85. The molecule has 0 atom stereocenters. The van der Waals surface area contributed by atoms with Crippen molar-refractivity contribution in [1.29, 1.82) is 0 Å². The smallest absolute Gasteiger partial charge is 0.132 e. The summed E-state index contributed by atoms with van der Waals surface area (Å²) in [6.45, 7) is 3.43. The van der Waals surface area contributed by atoms with Gasteiger partial charge in [0.15, 0.2) is 0 Å². The molecule has 0 saturated carbocycles. The maximum atomic E-state index is 5.78. The minimum Gasteiger partial charge on any atom is -0.489 e. The molecule has 1 aromatic heterocycles. The quantitative estimate of drug-likeness (QED) is 0.832. The Bertz CT molecular complexity index is 517. The molecule has 1 N–H and O–H groups in total. The maximum absolute atomic E-state index is 5.78. The molecule has 3 nitrogen and oxygen atoms in total. The predicted molar refractivity (Wildman–Crippen MR) is 81.9 cm³/mol. The second-order valence-electron chi connectivity index (χ2n) is 3.79. The first kappa shape index (κ1) is 13.1. The molecule has 2 rings (SSSR count). The molecule has 1 aromatic carbocycles. The van der Waals surface area contributed by atoms with E-state index in [1.54, 1.807) is 6.20 Å². The number of nitrogens with one attached hydrogen (secondary N) is 1. The summed E-state index contributed by atoms with van der Waals surface area (Å²) in [5, 5.41) is 3.23. The lowest BCUT2D eigenvalue weighted by atomic mass is 10.2. The van der Waals surface area contributed by atoms with Crippen LogP contribution in [0.15, 0.2) is 42.6 Å². The summed E-state index contributed by atoms with van der Waals surface area (Å²) < 4.78 is 6.94. The molecule has 0 spiro atoms. The summed E-state index contributed by atoms with van der Waals surface area (Å²) in [5.74, 6) is 1.78. The summed E-state index contributed by atoms with van der Waals surface area (Å²) in [6, 6.07) is 12.0. The van der Waals surface area contributed by atoms with Crippen molar-refractivity contribution in [3.05, 3.63) is 51.7 Å². The van der Waals surface area contributed by atoms with E-state index in [-0.39, 0.29) is 0 Å². The molecule has 2 aromatic rings. The second kappa shape index (κ2) is 6.58. The summed E-state index contributed by atoms with van der Waals surface area (Å²) in [7, 11) is 0. The van der Waals surface area contributed by atoms with E-state index in [2.05, 4.69) is 39.8 Å². The van der Waals surface area contributed by atoms with Gasteiger partial charge in [0.2, 0.25) is 0 Å². The van der Waals surface area contributed by atoms with Crippen LogP contribution in [-0.2, 0) is 6.61 Å². The van der Waals surface area contributed by atoms with Gasteiger partial charge in [-0.05, 0) is 53.8 Å². The topological polar surface area (TPSA) is 34.2 Å². The van der Waals surface area contributed by atoms with Gasteiger partial charge in [-0.3, -0.25) is 0 Å². The molecule has 0 unspecified atom stereocenters.